The van der Waals surface area contributed by atoms with Gasteiger partial charge in [0, 0.05) is 6.04 Å². The van der Waals surface area contributed by atoms with E-state index in [4.69, 9.17) is 0 Å². The van der Waals surface area contributed by atoms with Gasteiger partial charge in [0.2, 0.25) is 0 Å². The molecule has 0 aliphatic rings. The average molecular weight is 173 g/mol. The molecule has 0 unspecified atom stereocenters. The molecule has 0 bridgehead atoms. The highest BCUT2D eigenvalue weighted by Gasteiger charge is 2.40. The van der Waals surface area contributed by atoms with E-state index in [1.165, 1.54) is 0 Å². The van der Waals surface area contributed by atoms with Crippen LogP contribution in [0.25, 0.3) is 0 Å². The van der Waals surface area contributed by atoms with Crippen molar-refractivity contribution in [2.45, 2.75) is 32.2 Å². The lowest BCUT2D eigenvalue weighted by Crippen LogP contribution is -2.41. The average Bonchev–Trinajstić information content (AvgIpc) is 1.84. The Morgan fingerprint density at radius 3 is 2.00 bits per heavy atom. The Morgan fingerprint density at radius 2 is 1.73 bits per heavy atom. The van der Waals surface area contributed by atoms with E-state index < -0.39 is 18.9 Å². The van der Waals surface area contributed by atoms with E-state index in [0.29, 0.717) is 0 Å². The minimum absolute atomic E-state index is 0.209. The van der Waals surface area contributed by atoms with Gasteiger partial charge in [0.25, 0.3) is 0 Å². The Hall–Kier alpha value is -0.320. The van der Waals surface area contributed by atoms with Crippen molar-refractivity contribution >= 4 is 0 Å². The number of hydrogen-bond acceptors (Lipinski definition) is 1. The van der Waals surface area contributed by atoms with Crippen molar-refractivity contribution in [2.24, 2.45) is 0 Å². The predicted octanol–water partition coefficient (Wildman–Crippen LogP) is 1.88. The molecule has 0 aromatic rings. The fourth-order valence-electron chi connectivity index (χ4n) is 0.417. The minimum atomic E-state index is -3.91. The number of hydrogen-bond donors (Lipinski definition) is 1. The summed E-state index contributed by atoms with van der Waals surface area (Å²) in [6.45, 7) is 2.26. The third-order valence-corrected chi connectivity index (χ3v) is 1.07. The number of nitrogens with one attached hydrogen (secondary N) is 1. The summed E-state index contributed by atoms with van der Waals surface area (Å²) in [5.74, 6) is -3.91. The summed E-state index contributed by atoms with van der Waals surface area (Å²) in [6, 6.07) is -0.209. The molecule has 68 valence electrons. The number of halogens is 4. The van der Waals surface area contributed by atoms with Crippen LogP contribution in [0, 0.1) is 0 Å². The maximum Gasteiger partial charge on any atom is 0.319 e. The first-order valence-electron chi connectivity index (χ1n) is 3.25. The van der Waals surface area contributed by atoms with Crippen LogP contribution in [0.5, 0.6) is 0 Å². The predicted molar refractivity (Wildman–Crippen MR) is 34.1 cm³/mol. The molecular formula is C6H11F4N. The fourth-order valence-corrected chi connectivity index (χ4v) is 0.417. The highest BCUT2D eigenvalue weighted by molar-refractivity contribution is 4.73. The molecule has 0 spiro atoms. The van der Waals surface area contributed by atoms with Crippen molar-refractivity contribution in [3.63, 3.8) is 0 Å². The van der Waals surface area contributed by atoms with Gasteiger partial charge in [-0.25, -0.2) is 8.78 Å². The fraction of sp³-hybridized carbons (Fsp3) is 1.00. The van der Waals surface area contributed by atoms with Crippen molar-refractivity contribution in [3.8, 4) is 0 Å². The van der Waals surface area contributed by atoms with Gasteiger partial charge in [0.15, 0.2) is 0 Å². The van der Waals surface area contributed by atoms with Crippen molar-refractivity contribution in [1.82, 2.24) is 5.32 Å². The largest absolute Gasteiger partial charge is 0.319 e. The molecule has 0 radical (unpaired) electrons. The van der Waals surface area contributed by atoms with Crippen LogP contribution in [0.4, 0.5) is 17.6 Å². The molecule has 11 heavy (non-hydrogen) atoms. The van der Waals surface area contributed by atoms with Crippen LogP contribution >= 0.6 is 0 Å². The van der Waals surface area contributed by atoms with E-state index >= 15 is 0 Å². The second-order valence-electron chi connectivity index (χ2n) is 2.60. The van der Waals surface area contributed by atoms with Crippen LogP contribution in [0.15, 0.2) is 0 Å². The second kappa shape index (κ2) is 3.90. The van der Waals surface area contributed by atoms with Gasteiger partial charge in [-0.2, -0.15) is 8.78 Å². The summed E-state index contributed by atoms with van der Waals surface area (Å²) in [6.07, 6.45) is -3.59. The Balaban J connectivity index is 3.73. The zero-order chi connectivity index (χ0) is 9.07. The van der Waals surface area contributed by atoms with Crippen LogP contribution in [-0.2, 0) is 0 Å². The van der Waals surface area contributed by atoms with Gasteiger partial charge in [-0.3, -0.25) is 0 Å². The SMILES string of the molecule is CC(C)NCC(F)(F)C(F)F. The molecule has 0 amide bonds. The quantitative estimate of drug-likeness (QED) is 0.640. The molecule has 0 aromatic heterocycles. The molecule has 1 N–H and O–H groups in total. The Kier molecular flexibility index (Phi) is 3.78. The molecule has 0 aromatic carbocycles. The standard InChI is InChI=1S/C6H11F4N/c1-4(2)11-3-6(9,10)5(7)8/h4-5,11H,3H2,1-2H3. The van der Waals surface area contributed by atoms with Crippen LogP contribution in [0.2, 0.25) is 0 Å². The van der Waals surface area contributed by atoms with E-state index in [0.717, 1.165) is 0 Å². The molecule has 0 heterocycles. The Labute approximate surface area is 62.8 Å². The lowest BCUT2D eigenvalue weighted by Gasteiger charge is -2.17. The summed E-state index contributed by atoms with van der Waals surface area (Å²) in [4.78, 5) is 0. The summed E-state index contributed by atoms with van der Waals surface area (Å²) < 4.78 is 47.1. The van der Waals surface area contributed by atoms with Crippen LogP contribution in [0.1, 0.15) is 13.8 Å². The summed E-state index contributed by atoms with van der Waals surface area (Å²) in [5.41, 5.74) is 0. The minimum Gasteiger partial charge on any atom is -0.309 e. The Bertz CT molecular complexity index is 113. The summed E-state index contributed by atoms with van der Waals surface area (Å²) >= 11 is 0. The van der Waals surface area contributed by atoms with Crippen LogP contribution in [-0.4, -0.2) is 24.9 Å². The maximum atomic E-state index is 12.1. The molecule has 1 nitrogen and oxygen atoms in total. The van der Waals surface area contributed by atoms with Crippen LogP contribution in [0.3, 0.4) is 0 Å². The third kappa shape index (κ3) is 4.19. The lowest BCUT2D eigenvalue weighted by atomic mass is 10.3. The lowest BCUT2D eigenvalue weighted by molar-refractivity contribution is -0.125. The van der Waals surface area contributed by atoms with Gasteiger partial charge in [0.05, 0.1) is 6.54 Å². The molecule has 0 saturated carbocycles. The normalized spacial score (nSPS) is 13.1. The van der Waals surface area contributed by atoms with Gasteiger partial charge in [-0.05, 0) is 0 Å². The zero-order valence-electron chi connectivity index (χ0n) is 6.37. The van der Waals surface area contributed by atoms with Gasteiger partial charge in [-0.1, -0.05) is 13.8 Å². The van der Waals surface area contributed by atoms with E-state index in [1.807, 2.05) is 0 Å². The summed E-state index contributed by atoms with van der Waals surface area (Å²) in [7, 11) is 0. The monoisotopic (exact) mass is 173 g/mol. The van der Waals surface area contributed by atoms with E-state index in [9.17, 15) is 17.6 Å². The highest BCUT2D eigenvalue weighted by Crippen LogP contribution is 2.21. The topological polar surface area (TPSA) is 12.0 Å². The number of rotatable bonds is 4. The van der Waals surface area contributed by atoms with E-state index in [-0.39, 0.29) is 6.04 Å². The zero-order valence-corrected chi connectivity index (χ0v) is 6.37. The van der Waals surface area contributed by atoms with Crippen molar-refractivity contribution in [3.05, 3.63) is 0 Å². The molecule has 0 rings (SSSR count). The summed E-state index contributed by atoms with van der Waals surface area (Å²) in [5, 5.41) is 2.24. The molecule has 0 aliphatic heterocycles. The van der Waals surface area contributed by atoms with Gasteiger partial charge in [-0.15, -0.1) is 0 Å². The first-order valence-corrected chi connectivity index (χ1v) is 3.25. The molecule has 5 heteroatoms. The van der Waals surface area contributed by atoms with Crippen LogP contribution < -0.4 is 5.32 Å². The van der Waals surface area contributed by atoms with E-state index in [1.54, 1.807) is 13.8 Å². The van der Waals surface area contributed by atoms with Gasteiger partial charge in [0.1, 0.15) is 0 Å². The smallest absolute Gasteiger partial charge is 0.309 e. The van der Waals surface area contributed by atoms with Gasteiger partial charge < -0.3 is 5.32 Å². The molecule has 0 fully saturated rings. The maximum absolute atomic E-state index is 12.1. The first kappa shape index (κ1) is 10.7. The molecule has 0 aliphatic carbocycles. The van der Waals surface area contributed by atoms with Crippen molar-refractivity contribution < 1.29 is 17.6 Å². The van der Waals surface area contributed by atoms with Crippen molar-refractivity contribution in [1.29, 1.82) is 0 Å². The molecule has 0 saturated heterocycles. The van der Waals surface area contributed by atoms with Gasteiger partial charge >= 0.3 is 12.3 Å². The Morgan fingerprint density at radius 1 is 1.27 bits per heavy atom. The molecule has 0 atom stereocenters. The molecular weight excluding hydrogens is 162 g/mol. The first-order chi connectivity index (χ1) is 4.86. The van der Waals surface area contributed by atoms with Crippen molar-refractivity contribution in [2.75, 3.05) is 6.54 Å². The highest BCUT2D eigenvalue weighted by atomic mass is 19.3. The number of alkyl halides is 4. The second-order valence-corrected chi connectivity index (χ2v) is 2.60. The third-order valence-electron chi connectivity index (χ3n) is 1.07. The van der Waals surface area contributed by atoms with E-state index in [2.05, 4.69) is 5.32 Å².